The Morgan fingerprint density at radius 1 is 1.45 bits per heavy atom. The van der Waals surface area contributed by atoms with Crippen LogP contribution in [0.1, 0.15) is 33.6 Å². The van der Waals surface area contributed by atoms with Gasteiger partial charge in [-0.05, 0) is 32.6 Å². The number of methoxy groups -OCH3 is 1. The maximum atomic E-state index is 12.2. The zero-order chi connectivity index (χ0) is 15.0. The minimum absolute atomic E-state index is 0.0147. The van der Waals surface area contributed by atoms with Crippen molar-refractivity contribution in [3.05, 3.63) is 0 Å². The third-order valence-electron chi connectivity index (χ3n) is 5.54. The summed E-state index contributed by atoms with van der Waals surface area (Å²) in [6, 6.07) is 0.774. The second kappa shape index (κ2) is 5.85. The molecule has 0 unspecified atom stereocenters. The van der Waals surface area contributed by atoms with E-state index in [0.29, 0.717) is 12.6 Å². The van der Waals surface area contributed by atoms with Gasteiger partial charge in [-0.3, -0.25) is 9.69 Å². The zero-order valence-corrected chi connectivity index (χ0v) is 14.2. The molecule has 1 N–H and O–H groups in total. The number of carbonyl (C=O) groups is 1. The zero-order valence-electron chi connectivity index (χ0n) is 13.4. The molecule has 0 radical (unpaired) electrons. The van der Waals surface area contributed by atoms with E-state index in [1.54, 1.807) is 7.11 Å². The van der Waals surface area contributed by atoms with Gasteiger partial charge in [0, 0.05) is 30.4 Å². The number of nitrogens with zero attached hydrogens (tertiary/aromatic N) is 1. The van der Waals surface area contributed by atoms with Crippen LogP contribution in [0.5, 0.6) is 0 Å². The Balaban J connectivity index is 1.81. The number of likely N-dealkylation sites (N-methyl/N-ethyl adjacent to an activating group) is 1. The lowest BCUT2D eigenvalue weighted by molar-refractivity contribution is -0.182. The normalized spacial score (nSPS) is 35.9. The molecule has 116 valence electrons. The van der Waals surface area contributed by atoms with Crippen LogP contribution >= 0.6 is 11.8 Å². The summed E-state index contributed by atoms with van der Waals surface area (Å²) < 4.78 is 5.60. The maximum absolute atomic E-state index is 12.2. The molecule has 2 fully saturated rings. The first kappa shape index (κ1) is 16.1. The first-order valence-electron chi connectivity index (χ1n) is 7.42. The molecule has 1 aliphatic carbocycles. The van der Waals surface area contributed by atoms with E-state index in [-0.39, 0.29) is 23.0 Å². The fourth-order valence-corrected chi connectivity index (χ4v) is 4.49. The van der Waals surface area contributed by atoms with Crippen molar-refractivity contribution in [2.75, 3.05) is 32.2 Å². The van der Waals surface area contributed by atoms with E-state index in [2.05, 4.69) is 38.0 Å². The second-order valence-electron chi connectivity index (χ2n) is 6.91. The summed E-state index contributed by atoms with van der Waals surface area (Å²) in [5.74, 6) is 2.51. The van der Waals surface area contributed by atoms with Gasteiger partial charge in [-0.2, -0.15) is 11.8 Å². The van der Waals surface area contributed by atoms with E-state index in [4.69, 9.17) is 4.74 Å². The van der Waals surface area contributed by atoms with Gasteiger partial charge in [0.2, 0.25) is 5.91 Å². The minimum atomic E-state index is -0.126. The summed E-state index contributed by atoms with van der Waals surface area (Å²) in [6.45, 7) is 6.96. The molecule has 2 rings (SSSR count). The van der Waals surface area contributed by atoms with Crippen molar-refractivity contribution >= 4 is 17.7 Å². The molecule has 4 nitrogen and oxygen atoms in total. The van der Waals surface area contributed by atoms with Crippen LogP contribution in [0.25, 0.3) is 0 Å². The SMILES string of the molecule is CO[C@]1(C)C[C@H](NC(=O)CN(C)[C@@H]2CCSC2)C1(C)C. The Morgan fingerprint density at radius 2 is 2.15 bits per heavy atom. The van der Waals surface area contributed by atoms with Crippen molar-refractivity contribution in [3.63, 3.8) is 0 Å². The van der Waals surface area contributed by atoms with E-state index in [1.165, 1.54) is 12.2 Å². The lowest BCUT2D eigenvalue weighted by Gasteiger charge is -2.59. The molecule has 20 heavy (non-hydrogen) atoms. The fraction of sp³-hybridized carbons (Fsp3) is 0.933. The van der Waals surface area contributed by atoms with Gasteiger partial charge in [0.05, 0.1) is 12.1 Å². The van der Waals surface area contributed by atoms with E-state index in [1.807, 2.05) is 11.8 Å². The first-order chi connectivity index (χ1) is 9.30. The summed E-state index contributed by atoms with van der Waals surface area (Å²) in [5.41, 5.74) is -0.141. The standard InChI is InChI=1S/C15H28N2O2S/c1-14(2)12(8-15(14,3)19-5)16-13(18)9-17(4)11-6-7-20-10-11/h11-12H,6-10H2,1-5H3,(H,16,18)/t11-,12+,15-/m1/s1. The smallest absolute Gasteiger partial charge is 0.234 e. The average molecular weight is 300 g/mol. The van der Waals surface area contributed by atoms with Gasteiger partial charge in [-0.15, -0.1) is 0 Å². The van der Waals surface area contributed by atoms with Crippen molar-refractivity contribution < 1.29 is 9.53 Å². The number of amides is 1. The predicted molar refractivity (Wildman–Crippen MR) is 84.1 cm³/mol. The van der Waals surface area contributed by atoms with Gasteiger partial charge in [-0.25, -0.2) is 0 Å². The van der Waals surface area contributed by atoms with Gasteiger partial charge in [0.1, 0.15) is 0 Å². The number of hydrogen-bond donors (Lipinski definition) is 1. The highest BCUT2D eigenvalue weighted by Crippen LogP contribution is 2.51. The van der Waals surface area contributed by atoms with Crippen LogP contribution in [-0.4, -0.2) is 60.7 Å². The second-order valence-corrected chi connectivity index (χ2v) is 8.06. The monoisotopic (exact) mass is 300 g/mol. The molecule has 1 heterocycles. The third kappa shape index (κ3) is 2.85. The molecule has 0 spiro atoms. The molecule has 0 bridgehead atoms. The molecular formula is C15H28N2O2S. The van der Waals surface area contributed by atoms with E-state index < -0.39 is 0 Å². The summed E-state index contributed by atoms with van der Waals surface area (Å²) >= 11 is 1.98. The molecule has 1 saturated carbocycles. The highest BCUT2D eigenvalue weighted by atomic mass is 32.2. The van der Waals surface area contributed by atoms with Crippen LogP contribution in [0.4, 0.5) is 0 Å². The predicted octanol–water partition coefficient (Wildman–Crippen LogP) is 1.74. The fourth-order valence-electron chi connectivity index (χ4n) is 3.19. The number of rotatable bonds is 5. The maximum Gasteiger partial charge on any atom is 0.234 e. The molecule has 1 saturated heterocycles. The largest absolute Gasteiger partial charge is 0.378 e. The van der Waals surface area contributed by atoms with Crippen LogP contribution in [0.2, 0.25) is 0 Å². The van der Waals surface area contributed by atoms with Crippen molar-refractivity contribution in [1.82, 2.24) is 10.2 Å². The Morgan fingerprint density at radius 3 is 2.65 bits per heavy atom. The third-order valence-corrected chi connectivity index (χ3v) is 6.68. The Kier molecular flexibility index (Phi) is 4.72. The molecule has 5 heteroatoms. The molecule has 0 aromatic carbocycles. The van der Waals surface area contributed by atoms with Crippen molar-refractivity contribution in [2.45, 2.75) is 51.3 Å². The van der Waals surface area contributed by atoms with Crippen LogP contribution in [0.15, 0.2) is 0 Å². The Hall–Kier alpha value is -0.260. The van der Waals surface area contributed by atoms with Gasteiger partial charge in [-0.1, -0.05) is 13.8 Å². The number of ether oxygens (including phenoxy) is 1. The first-order valence-corrected chi connectivity index (χ1v) is 8.58. The Labute approximate surface area is 127 Å². The van der Waals surface area contributed by atoms with E-state index >= 15 is 0 Å². The minimum Gasteiger partial charge on any atom is -0.378 e. The summed E-state index contributed by atoms with van der Waals surface area (Å²) in [4.78, 5) is 14.4. The average Bonchev–Trinajstić information content (AvgIpc) is 2.91. The Bertz CT molecular complexity index is 369. The molecule has 0 aromatic rings. The van der Waals surface area contributed by atoms with Crippen molar-refractivity contribution in [3.8, 4) is 0 Å². The summed E-state index contributed by atoms with van der Waals surface area (Å²) in [6.07, 6.45) is 2.09. The van der Waals surface area contributed by atoms with Gasteiger partial charge < -0.3 is 10.1 Å². The number of carbonyl (C=O) groups excluding carboxylic acids is 1. The van der Waals surface area contributed by atoms with Crippen LogP contribution < -0.4 is 5.32 Å². The molecule has 1 aliphatic heterocycles. The van der Waals surface area contributed by atoms with Crippen LogP contribution in [-0.2, 0) is 9.53 Å². The number of thioether (sulfide) groups is 1. The lowest BCUT2D eigenvalue weighted by Crippen LogP contribution is -2.69. The quantitative estimate of drug-likeness (QED) is 0.840. The lowest BCUT2D eigenvalue weighted by atomic mass is 9.56. The van der Waals surface area contributed by atoms with Gasteiger partial charge >= 0.3 is 0 Å². The molecule has 0 aromatic heterocycles. The van der Waals surface area contributed by atoms with Gasteiger partial charge in [0.25, 0.3) is 0 Å². The molecular weight excluding hydrogens is 272 g/mol. The number of hydrogen-bond acceptors (Lipinski definition) is 4. The summed E-state index contributed by atoms with van der Waals surface area (Å²) in [7, 11) is 3.81. The van der Waals surface area contributed by atoms with Crippen molar-refractivity contribution in [1.29, 1.82) is 0 Å². The highest BCUT2D eigenvalue weighted by Gasteiger charge is 2.58. The molecule has 3 atom stereocenters. The van der Waals surface area contributed by atoms with Crippen LogP contribution in [0.3, 0.4) is 0 Å². The molecule has 1 amide bonds. The van der Waals surface area contributed by atoms with E-state index in [9.17, 15) is 4.79 Å². The molecule has 2 aliphatic rings. The highest BCUT2D eigenvalue weighted by molar-refractivity contribution is 7.99. The number of nitrogens with one attached hydrogen (secondary N) is 1. The van der Waals surface area contributed by atoms with Crippen molar-refractivity contribution in [2.24, 2.45) is 5.41 Å². The van der Waals surface area contributed by atoms with Crippen LogP contribution in [0, 0.1) is 5.41 Å². The topological polar surface area (TPSA) is 41.6 Å². The summed E-state index contributed by atoms with van der Waals surface area (Å²) in [5, 5.41) is 3.18. The van der Waals surface area contributed by atoms with Gasteiger partial charge in [0.15, 0.2) is 0 Å². The van der Waals surface area contributed by atoms with E-state index in [0.717, 1.165) is 12.2 Å².